The van der Waals surface area contributed by atoms with E-state index in [1.807, 2.05) is 19.1 Å². The van der Waals surface area contributed by atoms with Gasteiger partial charge in [-0.25, -0.2) is 0 Å². The van der Waals surface area contributed by atoms with E-state index in [4.69, 9.17) is 4.74 Å². The maximum atomic E-state index is 5.56. The molecule has 0 saturated heterocycles. The van der Waals surface area contributed by atoms with Gasteiger partial charge in [-0.05, 0) is 35.6 Å². The first-order valence-electron chi connectivity index (χ1n) is 6.13. The lowest BCUT2D eigenvalue weighted by Crippen LogP contribution is -2.15. The van der Waals surface area contributed by atoms with E-state index in [0.29, 0.717) is 6.61 Å². The molecule has 0 aliphatic carbocycles. The third kappa shape index (κ3) is 3.36. The number of rotatable bonds is 4. The van der Waals surface area contributed by atoms with Crippen LogP contribution < -0.4 is 4.74 Å². The molecule has 0 heterocycles. The van der Waals surface area contributed by atoms with E-state index in [2.05, 4.69) is 46.4 Å². The van der Waals surface area contributed by atoms with Crippen LogP contribution in [0.5, 0.6) is 5.75 Å². The van der Waals surface area contributed by atoms with Gasteiger partial charge in [0.25, 0.3) is 0 Å². The molecule has 17 heavy (non-hydrogen) atoms. The summed E-state index contributed by atoms with van der Waals surface area (Å²) in [5, 5.41) is 0. The highest BCUT2D eigenvalue weighted by molar-refractivity contribution is 5.48. The minimum absolute atomic E-state index is 0.129. The van der Waals surface area contributed by atoms with Gasteiger partial charge >= 0.3 is 0 Å². The zero-order valence-corrected chi connectivity index (χ0v) is 11.6. The number of benzene rings is 1. The molecule has 1 nitrogen and oxygen atoms in total. The number of hydrogen-bond acceptors (Lipinski definition) is 1. The van der Waals surface area contributed by atoms with Crippen molar-refractivity contribution in [2.45, 2.75) is 40.0 Å². The zero-order valence-electron chi connectivity index (χ0n) is 11.6. The molecule has 0 N–H and O–H groups in total. The summed E-state index contributed by atoms with van der Waals surface area (Å²) < 4.78 is 5.56. The maximum Gasteiger partial charge on any atom is 0.119 e. The molecule has 0 unspecified atom stereocenters. The molecule has 1 radical (unpaired) electrons. The quantitative estimate of drug-likeness (QED) is 0.740. The van der Waals surface area contributed by atoms with Gasteiger partial charge in [-0.3, -0.25) is 0 Å². The Bertz CT molecular complexity index is 385. The molecule has 1 heteroatoms. The van der Waals surface area contributed by atoms with Crippen LogP contribution in [0.25, 0.3) is 0 Å². The van der Waals surface area contributed by atoms with Crippen molar-refractivity contribution in [2.24, 2.45) is 0 Å². The maximum absolute atomic E-state index is 5.56. The Kier molecular flexibility index (Phi) is 4.39. The van der Waals surface area contributed by atoms with E-state index >= 15 is 0 Å². The normalized spacial score (nSPS) is 11.6. The Morgan fingerprint density at radius 3 is 2.47 bits per heavy atom. The van der Waals surface area contributed by atoms with Gasteiger partial charge in [0, 0.05) is 5.92 Å². The van der Waals surface area contributed by atoms with Crippen molar-refractivity contribution in [3.63, 3.8) is 0 Å². The van der Waals surface area contributed by atoms with Gasteiger partial charge in [0.1, 0.15) is 5.75 Å². The zero-order chi connectivity index (χ0) is 13.1. The summed E-state index contributed by atoms with van der Waals surface area (Å²) in [5.74, 6) is 2.12. The molecule has 0 aromatic heterocycles. The molecule has 93 valence electrons. The minimum Gasteiger partial charge on any atom is -0.494 e. The summed E-state index contributed by atoms with van der Waals surface area (Å²) in [6, 6.07) is 6.32. The van der Waals surface area contributed by atoms with Gasteiger partial charge < -0.3 is 4.74 Å². The molecular weight excluding hydrogens is 208 g/mol. The smallest absolute Gasteiger partial charge is 0.119 e. The Morgan fingerprint density at radius 1 is 1.35 bits per heavy atom. The highest BCUT2D eigenvalue weighted by atomic mass is 16.5. The minimum atomic E-state index is 0.129. The third-order valence-electron chi connectivity index (χ3n) is 2.84. The van der Waals surface area contributed by atoms with Crippen LogP contribution in [0.3, 0.4) is 0 Å². The number of allylic oxidation sites excluding steroid dienone is 1. The van der Waals surface area contributed by atoms with Gasteiger partial charge in [-0.2, -0.15) is 0 Å². The van der Waals surface area contributed by atoms with Crippen molar-refractivity contribution < 1.29 is 4.74 Å². The summed E-state index contributed by atoms with van der Waals surface area (Å²) >= 11 is 0. The van der Waals surface area contributed by atoms with E-state index in [1.54, 1.807) is 0 Å². The lowest BCUT2D eigenvalue weighted by atomic mass is 9.80. The first-order valence-corrected chi connectivity index (χ1v) is 6.13. The van der Waals surface area contributed by atoms with Crippen LogP contribution in [0.2, 0.25) is 0 Å². The summed E-state index contributed by atoms with van der Waals surface area (Å²) in [5.41, 5.74) is 2.70. The molecule has 0 aliphatic heterocycles. The second kappa shape index (κ2) is 5.39. The molecule has 1 rings (SSSR count). The highest BCUT2D eigenvalue weighted by Gasteiger charge is 2.20. The monoisotopic (exact) mass is 231 g/mol. The first-order chi connectivity index (χ1) is 7.90. The molecule has 0 fully saturated rings. The van der Waals surface area contributed by atoms with Crippen molar-refractivity contribution in [1.29, 1.82) is 0 Å². The molecule has 1 aromatic rings. The second-order valence-electron chi connectivity index (χ2n) is 5.28. The van der Waals surface area contributed by atoms with Crippen molar-refractivity contribution in [1.82, 2.24) is 0 Å². The van der Waals surface area contributed by atoms with E-state index in [-0.39, 0.29) is 5.41 Å². The molecule has 1 aromatic carbocycles. The van der Waals surface area contributed by atoms with Gasteiger partial charge in [0.2, 0.25) is 0 Å². The highest BCUT2D eigenvalue weighted by Crippen LogP contribution is 2.33. The van der Waals surface area contributed by atoms with E-state index in [9.17, 15) is 0 Å². The third-order valence-corrected chi connectivity index (χ3v) is 2.84. The molecule has 0 atom stereocenters. The van der Waals surface area contributed by atoms with E-state index < -0.39 is 0 Å². The Balaban J connectivity index is 3.26. The number of hydrogen-bond donors (Lipinski definition) is 0. The lowest BCUT2D eigenvalue weighted by molar-refractivity contribution is 0.339. The van der Waals surface area contributed by atoms with Crippen LogP contribution in [-0.4, -0.2) is 6.61 Å². The summed E-state index contributed by atoms with van der Waals surface area (Å²) in [6.45, 7) is 15.3. The van der Waals surface area contributed by atoms with Crippen molar-refractivity contribution in [3.8, 4) is 5.75 Å². The fraction of sp³-hybridized carbons (Fsp3) is 0.438. The summed E-state index contributed by atoms with van der Waals surface area (Å²) in [4.78, 5) is 0. The Morgan fingerprint density at radius 2 is 2.00 bits per heavy atom. The van der Waals surface area contributed by atoms with Crippen LogP contribution in [0, 0.1) is 5.92 Å². The Labute approximate surface area is 106 Å². The molecule has 0 amide bonds. The van der Waals surface area contributed by atoms with Crippen LogP contribution in [0.15, 0.2) is 30.9 Å². The fourth-order valence-electron chi connectivity index (χ4n) is 1.87. The standard InChI is InChI=1S/C16H23O/c1-7-12(3)14-11-13(17-8-2)9-10-15(14)16(4,5)6/h7,9-11H,1,8H2,2-6H3. The lowest BCUT2D eigenvalue weighted by Gasteiger charge is -2.25. The van der Waals surface area contributed by atoms with Crippen LogP contribution >= 0.6 is 0 Å². The SMILES string of the molecule is C=C[C](C)c1cc(OCC)ccc1C(C)(C)C. The molecular formula is C16H23O. The largest absolute Gasteiger partial charge is 0.494 e. The average molecular weight is 231 g/mol. The topological polar surface area (TPSA) is 9.23 Å². The molecule has 0 saturated carbocycles. The summed E-state index contributed by atoms with van der Waals surface area (Å²) in [7, 11) is 0. The predicted molar refractivity (Wildman–Crippen MR) is 74.5 cm³/mol. The van der Waals surface area contributed by atoms with E-state index in [1.165, 1.54) is 17.0 Å². The van der Waals surface area contributed by atoms with Crippen LogP contribution in [0.4, 0.5) is 0 Å². The van der Waals surface area contributed by atoms with Crippen LogP contribution in [-0.2, 0) is 5.41 Å². The van der Waals surface area contributed by atoms with Gasteiger partial charge in [0.05, 0.1) is 6.61 Å². The Hall–Kier alpha value is -1.24. The van der Waals surface area contributed by atoms with Gasteiger partial charge in [-0.1, -0.05) is 39.8 Å². The van der Waals surface area contributed by atoms with Crippen molar-refractivity contribution in [3.05, 3.63) is 47.9 Å². The first kappa shape index (κ1) is 13.8. The fourth-order valence-corrected chi connectivity index (χ4v) is 1.87. The average Bonchev–Trinajstić information content (AvgIpc) is 2.27. The molecule has 0 spiro atoms. The molecule has 0 aliphatic rings. The van der Waals surface area contributed by atoms with E-state index in [0.717, 1.165) is 5.75 Å². The van der Waals surface area contributed by atoms with Gasteiger partial charge in [0.15, 0.2) is 0 Å². The van der Waals surface area contributed by atoms with Crippen molar-refractivity contribution >= 4 is 0 Å². The number of ether oxygens (including phenoxy) is 1. The second-order valence-corrected chi connectivity index (χ2v) is 5.28. The van der Waals surface area contributed by atoms with Crippen LogP contribution in [0.1, 0.15) is 45.7 Å². The molecule has 0 bridgehead atoms. The predicted octanol–water partition coefficient (Wildman–Crippen LogP) is 4.51. The van der Waals surface area contributed by atoms with Gasteiger partial charge in [-0.15, -0.1) is 6.58 Å². The summed E-state index contributed by atoms with van der Waals surface area (Å²) in [6.07, 6.45) is 1.90. The van der Waals surface area contributed by atoms with Crippen molar-refractivity contribution in [2.75, 3.05) is 6.61 Å².